The van der Waals surface area contributed by atoms with Gasteiger partial charge in [0.2, 0.25) is 5.56 Å². The van der Waals surface area contributed by atoms with Crippen molar-refractivity contribution in [1.29, 1.82) is 0 Å². The first-order chi connectivity index (χ1) is 14.8. The minimum Gasteiger partial charge on any atom is -0.377 e. The number of para-hydroxylation sites is 1. The standard InChI is InChI=1S/C20H18BrN5O5/c1-22-19(28)14-8-11(21)9-16(26(30)31)18(14)23-6-7-24-20(29)13-10-17(27)25-15-5-3-2-4-12(13)15/h2-5,8-10,23H,6-7H2,1H3,(H,22,28)(H,24,29)(H,25,27). The third-order valence-corrected chi connectivity index (χ3v) is 4.92. The molecule has 11 heteroatoms. The number of fused-ring (bicyclic) bond motifs is 1. The molecule has 4 N–H and O–H groups in total. The average Bonchev–Trinajstić information content (AvgIpc) is 2.75. The van der Waals surface area contributed by atoms with E-state index in [4.69, 9.17) is 0 Å². The summed E-state index contributed by atoms with van der Waals surface area (Å²) in [6, 6.07) is 10.9. The lowest BCUT2D eigenvalue weighted by Crippen LogP contribution is -2.30. The van der Waals surface area contributed by atoms with E-state index in [1.165, 1.54) is 25.2 Å². The van der Waals surface area contributed by atoms with Gasteiger partial charge in [0, 0.05) is 47.6 Å². The average molecular weight is 488 g/mol. The van der Waals surface area contributed by atoms with Crippen LogP contribution in [0.25, 0.3) is 10.9 Å². The second kappa shape index (κ2) is 9.39. The van der Waals surface area contributed by atoms with Gasteiger partial charge in [0.05, 0.1) is 16.1 Å². The number of nitro benzene ring substituents is 1. The van der Waals surface area contributed by atoms with E-state index >= 15 is 0 Å². The number of benzene rings is 2. The Hall–Kier alpha value is -3.73. The molecule has 0 aliphatic carbocycles. The number of carbonyl (C=O) groups is 2. The van der Waals surface area contributed by atoms with Gasteiger partial charge < -0.3 is 20.9 Å². The van der Waals surface area contributed by atoms with Gasteiger partial charge in [0.15, 0.2) is 0 Å². The number of H-pyrrole nitrogens is 1. The molecule has 0 fully saturated rings. The maximum absolute atomic E-state index is 12.6. The fraction of sp³-hybridized carbons (Fsp3) is 0.150. The van der Waals surface area contributed by atoms with Crippen molar-refractivity contribution in [1.82, 2.24) is 15.6 Å². The SMILES string of the molecule is CNC(=O)c1cc(Br)cc([N+](=O)[O-])c1NCCNC(=O)c1cc(=O)[nH]c2ccccc12. The van der Waals surface area contributed by atoms with Crippen LogP contribution in [0.2, 0.25) is 0 Å². The summed E-state index contributed by atoms with van der Waals surface area (Å²) in [7, 11) is 1.42. The Morgan fingerprint density at radius 2 is 1.84 bits per heavy atom. The molecular weight excluding hydrogens is 470 g/mol. The van der Waals surface area contributed by atoms with Crippen molar-refractivity contribution in [3.8, 4) is 0 Å². The largest absolute Gasteiger partial charge is 0.377 e. The Kier molecular flexibility index (Phi) is 6.65. The fourth-order valence-corrected chi connectivity index (χ4v) is 3.53. The van der Waals surface area contributed by atoms with Crippen LogP contribution in [-0.2, 0) is 0 Å². The van der Waals surface area contributed by atoms with Crippen LogP contribution < -0.4 is 21.5 Å². The van der Waals surface area contributed by atoms with Crippen molar-refractivity contribution in [2.24, 2.45) is 0 Å². The molecule has 0 aliphatic rings. The van der Waals surface area contributed by atoms with E-state index in [1.54, 1.807) is 24.3 Å². The van der Waals surface area contributed by atoms with Crippen molar-refractivity contribution in [2.75, 3.05) is 25.5 Å². The van der Waals surface area contributed by atoms with E-state index in [9.17, 15) is 24.5 Å². The quantitative estimate of drug-likeness (QED) is 0.228. The summed E-state index contributed by atoms with van der Waals surface area (Å²) in [5.41, 5.74) is 0.223. The number of nitrogens with zero attached hydrogens (tertiary/aromatic N) is 1. The number of halogens is 1. The lowest BCUT2D eigenvalue weighted by atomic mass is 10.1. The molecule has 0 saturated heterocycles. The second-order valence-electron chi connectivity index (χ2n) is 6.46. The van der Waals surface area contributed by atoms with Gasteiger partial charge in [-0.05, 0) is 12.1 Å². The summed E-state index contributed by atoms with van der Waals surface area (Å²) >= 11 is 3.17. The lowest BCUT2D eigenvalue weighted by molar-refractivity contribution is -0.384. The van der Waals surface area contributed by atoms with Crippen LogP contribution in [0.15, 0.2) is 51.7 Å². The van der Waals surface area contributed by atoms with Gasteiger partial charge in [-0.2, -0.15) is 0 Å². The highest BCUT2D eigenvalue weighted by Gasteiger charge is 2.22. The number of hydrogen-bond donors (Lipinski definition) is 4. The minimum absolute atomic E-state index is 0.0448. The Morgan fingerprint density at radius 1 is 1.10 bits per heavy atom. The normalized spacial score (nSPS) is 10.5. The molecule has 3 aromatic rings. The Balaban J connectivity index is 1.76. The number of aromatic amines is 1. The summed E-state index contributed by atoms with van der Waals surface area (Å²) in [5, 5.41) is 20.0. The number of amides is 2. The molecule has 10 nitrogen and oxygen atoms in total. The Bertz CT molecular complexity index is 1240. The first-order valence-electron chi connectivity index (χ1n) is 9.16. The van der Waals surface area contributed by atoms with Crippen LogP contribution >= 0.6 is 15.9 Å². The van der Waals surface area contributed by atoms with Crippen LogP contribution in [0.5, 0.6) is 0 Å². The monoisotopic (exact) mass is 487 g/mol. The highest BCUT2D eigenvalue weighted by molar-refractivity contribution is 9.10. The van der Waals surface area contributed by atoms with E-state index in [0.29, 0.717) is 15.4 Å². The molecule has 1 aromatic heterocycles. The van der Waals surface area contributed by atoms with Gasteiger partial charge in [-0.3, -0.25) is 24.5 Å². The molecule has 2 amide bonds. The molecule has 3 rings (SSSR count). The molecule has 0 saturated carbocycles. The fourth-order valence-electron chi connectivity index (χ4n) is 3.09. The van der Waals surface area contributed by atoms with Gasteiger partial charge in [-0.1, -0.05) is 34.1 Å². The number of pyridine rings is 1. The van der Waals surface area contributed by atoms with Crippen LogP contribution in [0.3, 0.4) is 0 Å². The minimum atomic E-state index is -0.597. The van der Waals surface area contributed by atoms with Crippen molar-refractivity contribution in [2.45, 2.75) is 0 Å². The molecule has 0 atom stereocenters. The number of hydrogen-bond acceptors (Lipinski definition) is 6. The highest BCUT2D eigenvalue weighted by Crippen LogP contribution is 2.32. The maximum Gasteiger partial charge on any atom is 0.294 e. The van der Waals surface area contributed by atoms with Crippen LogP contribution in [0.1, 0.15) is 20.7 Å². The van der Waals surface area contributed by atoms with Gasteiger partial charge in [-0.15, -0.1) is 0 Å². The predicted octanol–water partition coefficient (Wildman–Crippen LogP) is 2.40. The van der Waals surface area contributed by atoms with Crippen molar-refractivity contribution in [3.63, 3.8) is 0 Å². The molecule has 2 aromatic carbocycles. The van der Waals surface area contributed by atoms with Gasteiger partial charge in [0.25, 0.3) is 17.5 Å². The Morgan fingerprint density at radius 3 is 2.55 bits per heavy atom. The zero-order chi connectivity index (χ0) is 22.5. The summed E-state index contributed by atoms with van der Waals surface area (Å²) in [4.78, 5) is 50.1. The Labute approximate surface area is 184 Å². The summed E-state index contributed by atoms with van der Waals surface area (Å²) in [6.45, 7) is 0.208. The van der Waals surface area contributed by atoms with E-state index in [1.807, 2.05) is 0 Å². The summed E-state index contributed by atoms with van der Waals surface area (Å²) < 4.78 is 0.387. The van der Waals surface area contributed by atoms with Gasteiger partial charge in [-0.25, -0.2) is 0 Å². The van der Waals surface area contributed by atoms with E-state index in [0.717, 1.165) is 0 Å². The molecule has 0 spiro atoms. The number of rotatable bonds is 7. The molecule has 31 heavy (non-hydrogen) atoms. The van der Waals surface area contributed by atoms with E-state index in [2.05, 4.69) is 36.9 Å². The lowest BCUT2D eigenvalue weighted by Gasteiger charge is -2.13. The maximum atomic E-state index is 12.6. The zero-order valence-corrected chi connectivity index (χ0v) is 17.9. The van der Waals surface area contributed by atoms with Crippen LogP contribution in [-0.4, -0.2) is 41.9 Å². The molecule has 0 radical (unpaired) electrons. The van der Waals surface area contributed by atoms with E-state index < -0.39 is 22.3 Å². The van der Waals surface area contributed by atoms with Crippen molar-refractivity contribution < 1.29 is 14.5 Å². The number of anilines is 1. The van der Waals surface area contributed by atoms with Crippen LogP contribution in [0, 0.1) is 10.1 Å². The molecule has 0 aliphatic heterocycles. The third kappa shape index (κ3) is 4.89. The first-order valence-corrected chi connectivity index (χ1v) is 9.95. The number of carbonyl (C=O) groups excluding carboxylic acids is 2. The molecular formula is C20H18BrN5O5. The zero-order valence-electron chi connectivity index (χ0n) is 16.3. The smallest absolute Gasteiger partial charge is 0.294 e. The second-order valence-corrected chi connectivity index (χ2v) is 7.37. The third-order valence-electron chi connectivity index (χ3n) is 4.46. The summed E-state index contributed by atoms with van der Waals surface area (Å²) in [6.07, 6.45) is 0. The van der Waals surface area contributed by atoms with Crippen molar-refractivity contribution >= 4 is 50.0 Å². The van der Waals surface area contributed by atoms with Crippen LogP contribution in [0.4, 0.5) is 11.4 Å². The molecule has 160 valence electrons. The van der Waals surface area contributed by atoms with Gasteiger partial charge >= 0.3 is 0 Å². The first kappa shape index (κ1) is 22.0. The molecule has 0 bridgehead atoms. The van der Waals surface area contributed by atoms with Crippen molar-refractivity contribution in [3.05, 3.63) is 78.5 Å². The molecule has 1 heterocycles. The predicted molar refractivity (Wildman–Crippen MR) is 120 cm³/mol. The van der Waals surface area contributed by atoms with Gasteiger partial charge in [0.1, 0.15) is 5.69 Å². The van der Waals surface area contributed by atoms with E-state index in [-0.39, 0.29) is 35.6 Å². The number of aromatic nitrogens is 1. The highest BCUT2D eigenvalue weighted by atomic mass is 79.9. The number of nitrogens with one attached hydrogen (secondary N) is 4. The molecule has 0 unspecified atom stereocenters. The number of nitro groups is 1. The summed E-state index contributed by atoms with van der Waals surface area (Å²) in [5.74, 6) is -0.952. The topological polar surface area (TPSA) is 146 Å².